The molecule has 1 aromatic carbocycles. The maximum absolute atomic E-state index is 11.6. The molecule has 1 aromatic rings. The molecule has 8 heteroatoms. The van der Waals surface area contributed by atoms with Crippen LogP contribution in [0.3, 0.4) is 0 Å². The van der Waals surface area contributed by atoms with Crippen molar-refractivity contribution in [2.24, 2.45) is 0 Å². The molecule has 0 aliphatic carbocycles. The number of amides is 1. The van der Waals surface area contributed by atoms with E-state index >= 15 is 0 Å². The summed E-state index contributed by atoms with van der Waals surface area (Å²) in [7, 11) is 0. The fourth-order valence-corrected chi connectivity index (χ4v) is 2.26. The van der Waals surface area contributed by atoms with Gasteiger partial charge in [-0.3, -0.25) is 0 Å². The lowest BCUT2D eigenvalue weighted by Crippen LogP contribution is -2.42. The van der Waals surface area contributed by atoms with Gasteiger partial charge < -0.3 is 29.7 Å². The lowest BCUT2D eigenvalue weighted by molar-refractivity contribution is -0.140. The molecule has 1 unspecified atom stereocenters. The van der Waals surface area contributed by atoms with E-state index in [1.165, 1.54) is 0 Å². The van der Waals surface area contributed by atoms with E-state index in [4.69, 9.17) is 14.2 Å². The average Bonchev–Trinajstić information content (AvgIpc) is 2.67. The first-order valence-corrected chi connectivity index (χ1v) is 9.51. The number of nitrogens with one attached hydrogen (secondary N) is 1. The van der Waals surface area contributed by atoms with Crippen LogP contribution in [0.1, 0.15) is 38.7 Å². The Balaban J connectivity index is 2.34. The number of carboxylic acid groups (broad SMARTS) is 1. The van der Waals surface area contributed by atoms with Crippen molar-refractivity contribution in [1.29, 1.82) is 0 Å². The van der Waals surface area contributed by atoms with Crippen LogP contribution in [0.2, 0.25) is 0 Å². The van der Waals surface area contributed by atoms with E-state index < -0.39 is 30.3 Å². The lowest BCUT2D eigenvalue weighted by Gasteiger charge is -2.21. The predicted octanol–water partition coefficient (Wildman–Crippen LogP) is 2.34. The van der Waals surface area contributed by atoms with Crippen molar-refractivity contribution in [3.63, 3.8) is 0 Å². The van der Waals surface area contributed by atoms with Crippen molar-refractivity contribution in [2.45, 2.75) is 58.0 Å². The van der Waals surface area contributed by atoms with Crippen molar-refractivity contribution in [3.05, 3.63) is 35.9 Å². The van der Waals surface area contributed by atoms with Crippen LogP contribution in [0.15, 0.2) is 30.3 Å². The fraction of sp³-hybridized carbons (Fsp3) is 0.600. The molecule has 0 saturated carbocycles. The van der Waals surface area contributed by atoms with Gasteiger partial charge in [-0.05, 0) is 18.9 Å². The zero-order valence-corrected chi connectivity index (χ0v) is 16.5. The van der Waals surface area contributed by atoms with Crippen molar-refractivity contribution in [3.8, 4) is 0 Å². The molecule has 0 bridgehead atoms. The van der Waals surface area contributed by atoms with Crippen molar-refractivity contribution in [2.75, 3.05) is 19.8 Å². The van der Waals surface area contributed by atoms with Crippen molar-refractivity contribution < 1.29 is 34.0 Å². The van der Waals surface area contributed by atoms with E-state index in [1.807, 2.05) is 37.3 Å². The van der Waals surface area contributed by atoms with Gasteiger partial charge in [0, 0.05) is 13.0 Å². The number of rotatable bonds is 14. The topological polar surface area (TPSA) is 114 Å². The third-order valence-electron chi connectivity index (χ3n) is 4.00. The number of hydrogen-bond acceptors (Lipinski definition) is 6. The maximum Gasteiger partial charge on any atom is 0.407 e. The zero-order valence-electron chi connectivity index (χ0n) is 16.5. The molecule has 28 heavy (non-hydrogen) atoms. The number of hydrogen-bond donors (Lipinski definition) is 3. The fourth-order valence-electron chi connectivity index (χ4n) is 2.26. The Morgan fingerprint density at radius 1 is 1.18 bits per heavy atom. The Hall–Kier alpha value is -2.16. The van der Waals surface area contributed by atoms with E-state index in [1.54, 1.807) is 6.92 Å². The van der Waals surface area contributed by atoms with Gasteiger partial charge in [0.15, 0.2) is 0 Å². The van der Waals surface area contributed by atoms with Crippen LogP contribution in [-0.4, -0.2) is 60.3 Å². The first kappa shape index (κ1) is 23.9. The van der Waals surface area contributed by atoms with E-state index in [9.17, 15) is 19.8 Å². The number of aliphatic carboxylic acids is 1. The van der Waals surface area contributed by atoms with Crippen LogP contribution in [0.5, 0.6) is 0 Å². The molecule has 158 valence electrons. The summed E-state index contributed by atoms with van der Waals surface area (Å²) in [6, 6.07) is 8.44. The minimum Gasteiger partial charge on any atom is -0.480 e. The van der Waals surface area contributed by atoms with Gasteiger partial charge in [-0.1, -0.05) is 43.7 Å². The highest BCUT2D eigenvalue weighted by Gasteiger charge is 2.21. The first-order valence-electron chi connectivity index (χ1n) is 9.51. The number of carboxylic acids is 1. The molecular weight excluding hydrogens is 366 g/mol. The predicted molar refractivity (Wildman–Crippen MR) is 103 cm³/mol. The number of ether oxygens (including phenoxy) is 3. The molecule has 1 amide bonds. The smallest absolute Gasteiger partial charge is 0.407 e. The number of carbonyl (C=O) groups is 2. The van der Waals surface area contributed by atoms with Gasteiger partial charge in [0.25, 0.3) is 0 Å². The van der Waals surface area contributed by atoms with E-state index in [0.29, 0.717) is 6.61 Å². The number of aliphatic hydroxyl groups excluding tert-OH is 1. The summed E-state index contributed by atoms with van der Waals surface area (Å²) >= 11 is 0. The molecule has 3 atom stereocenters. The molecule has 3 N–H and O–H groups in total. The Bertz CT molecular complexity index is 565. The van der Waals surface area contributed by atoms with Crippen LogP contribution in [-0.2, 0) is 25.6 Å². The second kappa shape index (κ2) is 13.9. The third kappa shape index (κ3) is 10.2. The van der Waals surface area contributed by atoms with Crippen LogP contribution in [0.25, 0.3) is 0 Å². The summed E-state index contributed by atoms with van der Waals surface area (Å²) in [5.74, 6) is -1.16. The highest BCUT2D eigenvalue weighted by Crippen LogP contribution is 2.07. The van der Waals surface area contributed by atoms with Gasteiger partial charge in [-0.15, -0.1) is 0 Å². The number of aliphatic hydroxyl groups is 1. The van der Waals surface area contributed by atoms with Gasteiger partial charge in [-0.25, -0.2) is 9.59 Å². The van der Waals surface area contributed by atoms with E-state index in [0.717, 1.165) is 18.4 Å². The van der Waals surface area contributed by atoms with E-state index in [2.05, 4.69) is 5.32 Å². The molecule has 0 fully saturated rings. The molecule has 0 saturated heterocycles. The number of benzene rings is 1. The van der Waals surface area contributed by atoms with Crippen molar-refractivity contribution >= 4 is 12.1 Å². The average molecular weight is 397 g/mol. The van der Waals surface area contributed by atoms with E-state index in [-0.39, 0.29) is 26.2 Å². The maximum atomic E-state index is 11.6. The quantitative estimate of drug-likeness (QED) is 0.413. The van der Waals surface area contributed by atoms with Crippen LogP contribution in [0.4, 0.5) is 4.79 Å². The number of alkyl carbamates (subject to hydrolysis) is 1. The molecular formula is C20H31NO7. The first-order chi connectivity index (χ1) is 13.4. The van der Waals surface area contributed by atoms with Gasteiger partial charge in [0.2, 0.25) is 0 Å². The molecule has 0 aliphatic heterocycles. The van der Waals surface area contributed by atoms with Crippen molar-refractivity contribution in [1.82, 2.24) is 5.32 Å². The normalized spacial score (nSPS) is 14.1. The van der Waals surface area contributed by atoms with Crippen LogP contribution >= 0.6 is 0 Å². The van der Waals surface area contributed by atoms with Gasteiger partial charge in [0.1, 0.15) is 12.1 Å². The summed E-state index contributed by atoms with van der Waals surface area (Å²) in [4.78, 5) is 22.9. The molecule has 0 aliphatic rings. The second-order valence-electron chi connectivity index (χ2n) is 6.46. The SMILES string of the molecule is CCCCOC(=O)NC(CCOC[C@@H](OCc1ccccc1)[C@H](C)O)C(=O)O. The van der Waals surface area contributed by atoms with Crippen LogP contribution < -0.4 is 5.32 Å². The van der Waals surface area contributed by atoms with Gasteiger partial charge in [-0.2, -0.15) is 0 Å². The third-order valence-corrected chi connectivity index (χ3v) is 4.00. The minimum absolute atomic E-state index is 0.0728. The summed E-state index contributed by atoms with van der Waals surface area (Å²) in [6.45, 7) is 4.35. The van der Waals surface area contributed by atoms with Crippen LogP contribution in [0, 0.1) is 0 Å². The number of carbonyl (C=O) groups excluding carboxylic acids is 1. The molecule has 0 radical (unpaired) electrons. The standard InChI is InChI=1S/C20H31NO7/c1-3-4-11-27-20(25)21-17(19(23)24)10-12-26-14-18(15(2)22)28-13-16-8-6-5-7-9-16/h5-9,15,17-18,22H,3-4,10-14H2,1-2H3,(H,21,25)(H,23,24)/t15-,17?,18+/m0/s1. The van der Waals surface area contributed by atoms with Gasteiger partial charge >= 0.3 is 12.1 Å². The Labute approximate surface area is 165 Å². The minimum atomic E-state index is -1.16. The summed E-state index contributed by atoms with van der Waals surface area (Å²) in [6.07, 6.45) is -0.378. The Kier molecular flexibility index (Phi) is 11.9. The molecule has 1 rings (SSSR count). The molecule has 8 nitrogen and oxygen atoms in total. The highest BCUT2D eigenvalue weighted by atomic mass is 16.6. The molecule has 0 aromatic heterocycles. The lowest BCUT2D eigenvalue weighted by atomic mass is 10.2. The summed E-state index contributed by atoms with van der Waals surface area (Å²) in [5, 5.41) is 21.4. The summed E-state index contributed by atoms with van der Waals surface area (Å²) in [5.41, 5.74) is 0.977. The Morgan fingerprint density at radius 3 is 2.50 bits per heavy atom. The molecule has 0 spiro atoms. The second-order valence-corrected chi connectivity index (χ2v) is 6.46. The highest BCUT2D eigenvalue weighted by molar-refractivity contribution is 5.79. The zero-order chi connectivity index (χ0) is 20.8. The number of unbranched alkanes of at least 4 members (excludes halogenated alkanes) is 1. The summed E-state index contributed by atoms with van der Waals surface area (Å²) < 4.78 is 16.1. The van der Waals surface area contributed by atoms with Gasteiger partial charge in [0.05, 0.1) is 25.9 Å². The Morgan fingerprint density at radius 2 is 1.89 bits per heavy atom. The largest absolute Gasteiger partial charge is 0.480 e. The monoisotopic (exact) mass is 397 g/mol. The molecule has 0 heterocycles.